The number of hydrogen-bond acceptors (Lipinski definition) is 3. The third-order valence-corrected chi connectivity index (χ3v) is 4.07. The first kappa shape index (κ1) is 12.6. The second-order valence-corrected chi connectivity index (χ2v) is 5.33. The number of hydrogen-bond donors (Lipinski definition) is 2. The van der Waals surface area contributed by atoms with Crippen LogP contribution in [0.25, 0.3) is 0 Å². The molecule has 0 saturated heterocycles. The summed E-state index contributed by atoms with van der Waals surface area (Å²) in [6.45, 7) is 4.31. The van der Waals surface area contributed by atoms with Crippen molar-refractivity contribution in [1.82, 2.24) is 15.2 Å². The maximum atomic E-state index is 6.15. The van der Waals surface area contributed by atoms with E-state index < -0.39 is 0 Å². The van der Waals surface area contributed by atoms with Crippen LogP contribution in [0.3, 0.4) is 0 Å². The first-order valence-corrected chi connectivity index (χ1v) is 6.90. The van der Waals surface area contributed by atoms with Crippen LogP contribution in [0.1, 0.15) is 76.0 Å². The highest BCUT2D eigenvalue weighted by Crippen LogP contribution is 2.31. The number of H-pyrrole nitrogens is 1. The van der Waals surface area contributed by atoms with Gasteiger partial charge in [0.05, 0.1) is 6.04 Å². The number of rotatable bonds is 4. The standard InChI is InChI=1S/C13H24N4/c1-3-9(2)11(14)13-15-12(16-17-13)10-7-5-4-6-8-10/h9-11H,3-8,14H2,1-2H3,(H,15,16,17)/t9?,11-/m0/s1. The van der Waals surface area contributed by atoms with Crippen molar-refractivity contribution in [1.29, 1.82) is 0 Å². The molecule has 4 heteroatoms. The molecule has 17 heavy (non-hydrogen) atoms. The molecule has 1 heterocycles. The van der Waals surface area contributed by atoms with Crippen molar-refractivity contribution in [3.63, 3.8) is 0 Å². The van der Waals surface area contributed by atoms with Crippen LogP contribution < -0.4 is 5.73 Å². The Balaban J connectivity index is 2.04. The highest BCUT2D eigenvalue weighted by atomic mass is 15.2. The molecule has 3 N–H and O–H groups in total. The zero-order chi connectivity index (χ0) is 12.3. The zero-order valence-electron chi connectivity index (χ0n) is 10.9. The number of nitrogens with zero attached hydrogens (tertiary/aromatic N) is 2. The Kier molecular flexibility index (Phi) is 4.15. The van der Waals surface area contributed by atoms with Crippen LogP contribution in [0, 0.1) is 5.92 Å². The van der Waals surface area contributed by atoms with Gasteiger partial charge in [-0.15, -0.1) is 0 Å². The third-order valence-electron chi connectivity index (χ3n) is 4.07. The zero-order valence-corrected chi connectivity index (χ0v) is 10.9. The fraction of sp³-hybridized carbons (Fsp3) is 0.846. The van der Waals surface area contributed by atoms with E-state index >= 15 is 0 Å². The van der Waals surface area contributed by atoms with Crippen molar-refractivity contribution in [3.05, 3.63) is 11.6 Å². The smallest absolute Gasteiger partial charge is 0.167 e. The fourth-order valence-corrected chi connectivity index (χ4v) is 2.50. The van der Waals surface area contributed by atoms with Gasteiger partial charge in [-0.1, -0.05) is 39.5 Å². The van der Waals surface area contributed by atoms with E-state index in [2.05, 4.69) is 29.0 Å². The van der Waals surface area contributed by atoms with Gasteiger partial charge >= 0.3 is 0 Å². The first-order chi connectivity index (χ1) is 8.22. The van der Waals surface area contributed by atoms with Gasteiger partial charge in [-0.25, -0.2) is 4.98 Å². The molecule has 0 amide bonds. The first-order valence-electron chi connectivity index (χ1n) is 6.90. The van der Waals surface area contributed by atoms with E-state index in [0.717, 1.165) is 18.1 Å². The van der Waals surface area contributed by atoms with E-state index in [1.54, 1.807) is 0 Å². The summed E-state index contributed by atoms with van der Waals surface area (Å²) in [4.78, 5) is 4.61. The Morgan fingerprint density at radius 2 is 2.06 bits per heavy atom. The molecule has 2 atom stereocenters. The van der Waals surface area contributed by atoms with Crippen LogP contribution in [0.5, 0.6) is 0 Å². The minimum atomic E-state index is -0.0337. The van der Waals surface area contributed by atoms with Crippen molar-refractivity contribution >= 4 is 0 Å². The SMILES string of the molecule is CCC(C)[C@H](N)c1n[nH]c(C2CCCCC2)n1. The normalized spacial score (nSPS) is 21.4. The van der Waals surface area contributed by atoms with Gasteiger partial charge in [-0.2, -0.15) is 5.10 Å². The Hall–Kier alpha value is -0.900. The number of nitrogens with one attached hydrogen (secondary N) is 1. The van der Waals surface area contributed by atoms with Crippen LogP contribution in [0.15, 0.2) is 0 Å². The summed E-state index contributed by atoms with van der Waals surface area (Å²) < 4.78 is 0. The molecule has 2 rings (SSSR count). The van der Waals surface area contributed by atoms with E-state index in [9.17, 15) is 0 Å². The molecule has 4 nitrogen and oxygen atoms in total. The number of aromatic nitrogens is 3. The summed E-state index contributed by atoms with van der Waals surface area (Å²) in [5.74, 6) is 2.86. The van der Waals surface area contributed by atoms with Crippen LogP contribution >= 0.6 is 0 Å². The average molecular weight is 236 g/mol. The quantitative estimate of drug-likeness (QED) is 0.844. The van der Waals surface area contributed by atoms with Crippen LogP contribution in [0.2, 0.25) is 0 Å². The minimum absolute atomic E-state index is 0.0337. The molecule has 0 spiro atoms. The van der Waals surface area contributed by atoms with Gasteiger partial charge in [-0.05, 0) is 18.8 Å². The van der Waals surface area contributed by atoms with E-state index in [0.29, 0.717) is 11.8 Å². The minimum Gasteiger partial charge on any atom is -0.321 e. The van der Waals surface area contributed by atoms with Gasteiger partial charge in [-0.3, -0.25) is 5.10 Å². The molecular weight excluding hydrogens is 212 g/mol. The summed E-state index contributed by atoms with van der Waals surface area (Å²) in [5.41, 5.74) is 6.15. The fourth-order valence-electron chi connectivity index (χ4n) is 2.50. The van der Waals surface area contributed by atoms with Gasteiger partial charge < -0.3 is 5.73 Å². The third kappa shape index (κ3) is 2.86. The molecule has 1 aromatic heterocycles. The molecule has 0 bridgehead atoms. The topological polar surface area (TPSA) is 67.6 Å². The van der Waals surface area contributed by atoms with Crippen LogP contribution in [-0.4, -0.2) is 15.2 Å². The van der Waals surface area contributed by atoms with Gasteiger partial charge in [0.1, 0.15) is 5.82 Å². The van der Waals surface area contributed by atoms with Gasteiger partial charge in [0.2, 0.25) is 0 Å². The molecule has 0 radical (unpaired) electrons. The summed E-state index contributed by atoms with van der Waals surface area (Å²) in [7, 11) is 0. The summed E-state index contributed by atoms with van der Waals surface area (Å²) in [6.07, 6.45) is 7.55. The Morgan fingerprint density at radius 3 is 2.71 bits per heavy atom. The summed E-state index contributed by atoms with van der Waals surface area (Å²) in [6, 6.07) is -0.0337. The van der Waals surface area contributed by atoms with Crippen molar-refractivity contribution in [3.8, 4) is 0 Å². The molecule has 0 aromatic carbocycles. The van der Waals surface area contributed by atoms with E-state index in [1.807, 2.05) is 0 Å². The Morgan fingerprint density at radius 1 is 1.35 bits per heavy atom. The maximum absolute atomic E-state index is 6.15. The highest BCUT2D eigenvalue weighted by Gasteiger charge is 2.22. The Labute approximate surface area is 103 Å². The maximum Gasteiger partial charge on any atom is 0.167 e. The van der Waals surface area contributed by atoms with E-state index in [4.69, 9.17) is 5.73 Å². The molecule has 0 aliphatic heterocycles. The lowest BCUT2D eigenvalue weighted by atomic mass is 9.89. The van der Waals surface area contributed by atoms with Crippen molar-refractivity contribution in [2.45, 2.75) is 64.3 Å². The average Bonchev–Trinajstić information content (AvgIpc) is 2.87. The van der Waals surface area contributed by atoms with Crippen LogP contribution in [-0.2, 0) is 0 Å². The van der Waals surface area contributed by atoms with Gasteiger partial charge in [0.15, 0.2) is 5.82 Å². The number of nitrogens with two attached hydrogens (primary N) is 1. The lowest BCUT2D eigenvalue weighted by Crippen LogP contribution is -2.20. The second-order valence-electron chi connectivity index (χ2n) is 5.33. The molecule has 1 fully saturated rings. The second kappa shape index (κ2) is 5.63. The molecule has 1 aromatic rings. The summed E-state index contributed by atoms with van der Waals surface area (Å²) in [5, 5.41) is 7.39. The molecule has 1 aliphatic carbocycles. The van der Waals surface area contributed by atoms with Crippen molar-refractivity contribution in [2.75, 3.05) is 0 Å². The molecule has 96 valence electrons. The molecule has 1 aliphatic rings. The van der Waals surface area contributed by atoms with Crippen molar-refractivity contribution in [2.24, 2.45) is 11.7 Å². The van der Waals surface area contributed by atoms with Gasteiger partial charge in [0.25, 0.3) is 0 Å². The molecule has 1 unspecified atom stereocenters. The molecule has 1 saturated carbocycles. The van der Waals surface area contributed by atoms with Crippen molar-refractivity contribution < 1.29 is 0 Å². The highest BCUT2D eigenvalue weighted by molar-refractivity contribution is 5.02. The van der Waals surface area contributed by atoms with E-state index in [1.165, 1.54) is 32.1 Å². The van der Waals surface area contributed by atoms with E-state index in [-0.39, 0.29) is 6.04 Å². The predicted molar refractivity (Wildman–Crippen MR) is 68.6 cm³/mol. The number of aromatic amines is 1. The van der Waals surface area contributed by atoms with Gasteiger partial charge in [0, 0.05) is 5.92 Å². The lowest BCUT2D eigenvalue weighted by molar-refractivity contribution is 0.425. The largest absolute Gasteiger partial charge is 0.321 e. The van der Waals surface area contributed by atoms with Crippen LogP contribution in [0.4, 0.5) is 0 Å². The lowest BCUT2D eigenvalue weighted by Gasteiger charge is -2.19. The Bertz CT molecular complexity index is 324. The monoisotopic (exact) mass is 236 g/mol. The molecular formula is C13H24N4. The predicted octanol–water partition coefficient (Wildman–Crippen LogP) is 2.90. The summed E-state index contributed by atoms with van der Waals surface area (Å²) >= 11 is 0.